The molecule has 31 heavy (non-hydrogen) atoms. The molecule has 4 rings (SSSR count). The van der Waals surface area contributed by atoms with Crippen molar-refractivity contribution < 1.29 is 14.4 Å². The van der Waals surface area contributed by atoms with Gasteiger partial charge in [0, 0.05) is 47.8 Å². The topological polar surface area (TPSA) is 143 Å². The molecule has 0 aliphatic carbocycles. The number of nitrogens with one attached hydrogen (secondary N) is 2. The number of aliphatic imine (C=N–C) groups is 1. The number of amides is 2. The summed E-state index contributed by atoms with van der Waals surface area (Å²) in [5, 5.41) is 3.56. The number of carbonyl (C=O) groups is 3. The van der Waals surface area contributed by atoms with Crippen LogP contribution in [0.4, 0.5) is 0 Å². The van der Waals surface area contributed by atoms with Crippen LogP contribution in [0.5, 0.6) is 0 Å². The number of carbonyl (C=O) groups excluding carboxylic acids is 3. The Hall–Kier alpha value is -4.14. The van der Waals surface area contributed by atoms with Gasteiger partial charge in [0.15, 0.2) is 0 Å². The summed E-state index contributed by atoms with van der Waals surface area (Å²) < 4.78 is 0. The van der Waals surface area contributed by atoms with Crippen molar-refractivity contribution in [2.45, 2.75) is 25.3 Å². The smallest absolute Gasteiger partial charge is 0.287 e. The van der Waals surface area contributed by atoms with Crippen molar-refractivity contribution in [3.05, 3.63) is 72.1 Å². The molecule has 3 aromatic rings. The Morgan fingerprint density at radius 2 is 1.90 bits per heavy atom. The molecule has 0 bridgehead atoms. The fraction of sp³-hybridized carbons (Fsp3) is 0.182. The molecule has 1 aliphatic heterocycles. The number of H-pyrrole nitrogens is 1. The summed E-state index contributed by atoms with van der Waals surface area (Å²) in [5.74, 6) is -2.61. The summed E-state index contributed by atoms with van der Waals surface area (Å²) in [4.78, 5) is 53.0. The van der Waals surface area contributed by atoms with Gasteiger partial charge in [-0.3, -0.25) is 19.4 Å². The standard InChI is InChI=1S/C22H20N6O3/c1-12-18(21-24-7-4-8-25-21)15(11-26-12)22(31)28-17(19(29)20(23)30)9-13-10-27-16-6-3-2-5-14(13)16/h2-8,10-11,17-18,27H,9H2,1H3,(H2,23,30)(H,28,31). The molecule has 9 heteroatoms. The molecule has 1 aromatic carbocycles. The lowest BCUT2D eigenvalue weighted by molar-refractivity contribution is -0.138. The molecule has 0 fully saturated rings. The van der Waals surface area contributed by atoms with E-state index in [1.165, 1.54) is 6.20 Å². The van der Waals surface area contributed by atoms with Crippen LogP contribution in [0.15, 0.2) is 65.7 Å². The fourth-order valence-corrected chi connectivity index (χ4v) is 3.66. The van der Waals surface area contributed by atoms with Crippen LogP contribution in [-0.4, -0.2) is 44.3 Å². The number of aromatic nitrogens is 3. The van der Waals surface area contributed by atoms with Crippen LogP contribution < -0.4 is 11.1 Å². The van der Waals surface area contributed by atoms with E-state index in [1.54, 1.807) is 31.6 Å². The largest absolute Gasteiger partial charge is 0.363 e. The number of fused-ring (bicyclic) bond motifs is 1. The maximum atomic E-state index is 13.1. The zero-order valence-corrected chi connectivity index (χ0v) is 16.7. The molecule has 1 aliphatic rings. The molecular formula is C22H20N6O3. The zero-order valence-electron chi connectivity index (χ0n) is 16.7. The number of para-hydroxylation sites is 1. The molecule has 0 spiro atoms. The monoisotopic (exact) mass is 416 g/mol. The molecule has 156 valence electrons. The molecule has 3 heterocycles. The van der Waals surface area contributed by atoms with E-state index >= 15 is 0 Å². The summed E-state index contributed by atoms with van der Waals surface area (Å²) in [6.07, 6.45) is 6.46. The zero-order chi connectivity index (χ0) is 22.0. The minimum Gasteiger partial charge on any atom is -0.363 e. The second-order valence-electron chi connectivity index (χ2n) is 7.21. The van der Waals surface area contributed by atoms with Gasteiger partial charge in [-0.25, -0.2) is 9.97 Å². The van der Waals surface area contributed by atoms with E-state index in [0.717, 1.165) is 16.5 Å². The lowest BCUT2D eigenvalue weighted by Gasteiger charge is -2.19. The molecule has 9 nitrogen and oxygen atoms in total. The molecule has 0 radical (unpaired) electrons. The minimum atomic E-state index is -1.12. The Morgan fingerprint density at radius 3 is 2.65 bits per heavy atom. The summed E-state index contributed by atoms with van der Waals surface area (Å²) in [5.41, 5.74) is 7.87. The Bertz CT molecular complexity index is 1230. The molecule has 2 unspecified atom stereocenters. The van der Waals surface area contributed by atoms with Gasteiger partial charge in [-0.05, 0) is 24.6 Å². The number of Topliss-reactive ketones (excluding diaryl/α,β-unsaturated/α-hetero) is 1. The van der Waals surface area contributed by atoms with Gasteiger partial charge in [0.25, 0.3) is 11.8 Å². The van der Waals surface area contributed by atoms with E-state index in [-0.39, 0.29) is 6.42 Å². The number of rotatable bonds is 7. The predicted molar refractivity (Wildman–Crippen MR) is 114 cm³/mol. The van der Waals surface area contributed by atoms with Crippen molar-refractivity contribution in [2.24, 2.45) is 10.7 Å². The van der Waals surface area contributed by atoms with Crippen molar-refractivity contribution in [3.63, 3.8) is 0 Å². The molecule has 0 saturated carbocycles. The van der Waals surface area contributed by atoms with Crippen LogP contribution in [-0.2, 0) is 20.8 Å². The van der Waals surface area contributed by atoms with Crippen LogP contribution in [0.1, 0.15) is 24.2 Å². The number of benzene rings is 1. The van der Waals surface area contributed by atoms with Gasteiger partial charge in [-0.15, -0.1) is 0 Å². The fourth-order valence-electron chi connectivity index (χ4n) is 3.66. The first-order valence-electron chi connectivity index (χ1n) is 9.66. The van der Waals surface area contributed by atoms with E-state index < -0.39 is 29.6 Å². The number of nitrogens with two attached hydrogens (primary N) is 1. The first-order valence-corrected chi connectivity index (χ1v) is 9.66. The lowest BCUT2D eigenvalue weighted by atomic mass is 9.94. The SMILES string of the molecule is CC1=NC=C(C(=O)NC(Cc2c[nH]c3ccccc23)C(=O)C(N)=O)C1c1ncccn1. The number of hydrogen-bond donors (Lipinski definition) is 3. The molecule has 2 amide bonds. The third kappa shape index (κ3) is 3.97. The summed E-state index contributed by atoms with van der Waals surface area (Å²) in [6.45, 7) is 1.77. The minimum absolute atomic E-state index is 0.108. The van der Waals surface area contributed by atoms with Crippen LogP contribution in [0.2, 0.25) is 0 Å². The molecule has 2 atom stereocenters. The third-order valence-electron chi connectivity index (χ3n) is 5.21. The average Bonchev–Trinajstić information content (AvgIpc) is 3.37. The predicted octanol–water partition coefficient (Wildman–Crippen LogP) is 1.18. The quantitative estimate of drug-likeness (QED) is 0.496. The van der Waals surface area contributed by atoms with Gasteiger partial charge >= 0.3 is 0 Å². The van der Waals surface area contributed by atoms with Crippen molar-refractivity contribution in [1.82, 2.24) is 20.3 Å². The molecular weight excluding hydrogens is 396 g/mol. The van der Waals surface area contributed by atoms with Gasteiger partial charge < -0.3 is 16.0 Å². The van der Waals surface area contributed by atoms with Crippen LogP contribution in [0.3, 0.4) is 0 Å². The average molecular weight is 416 g/mol. The van der Waals surface area contributed by atoms with Crippen molar-refractivity contribution in [1.29, 1.82) is 0 Å². The maximum Gasteiger partial charge on any atom is 0.287 e. The van der Waals surface area contributed by atoms with E-state index in [4.69, 9.17) is 5.73 Å². The van der Waals surface area contributed by atoms with Gasteiger partial charge in [0.05, 0.1) is 11.5 Å². The third-order valence-corrected chi connectivity index (χ3v) is 5.21. The normalized spacial score (nSPS) is 16.5. The molecule has 4 N–H and O–H groups in total. The Labute approximate surface area is 177 Å². The van der Waals surface area contributed by atoms with E-state index in [9.17, 15) is 14.4 Å². The highest BCUT2D eigenvalue weighted by molar-refractivity contribution is 6.38. The number of primary amides is 1. The van der Waals surface area contributed by atoms with Gasteiger partial charge in [0.1, 0.15) is 11.9 Å². The van der Waals surface area contributed by atoms with Gasteiger partial charge in [0.2, 0.25) is 5.78 Å². The summed E-state index contributed by atoms with van der Waals surface area (Å²) in [6, 6.07) is 8.11. The number of aromatic amines is 1. The van der Waals surface area contributed by atoms with Crippen molar-refractivity contribution >= 4 is 34.2 Å². The number of nitrogens with zero attached hydrogens (tertiary/aromatic N) is 3. The van der Waals surface area contributed by atoms with Gasteiger partial charge in [-0.2, -0.15) is 0 Å². The highest BCUT2D eigenvalue weighted by Crippen LogP contribution is 2.28. The Morgan fingerprint density at radius 1 is 1.16 bits per heavy atom. The Balaban J connectivity index is 1.59. The highest BCUT2D eigenvalue weighted by atomic mass is 16.2. The number of ketones is 1. The van der Waals surface area contributed by atoms with E-state index in [2.05, 4.69) is 25.3 Å². The van der Waals surface area contributed by atoms with E-state index in [0.29, 0.717) is 17.1 Å². The first kappa shape index (κ1) is 20.1. The van der Waals surface area contributed by atoms with Crippen LogP contribution >= 0.6 is 0 Å². The molecule has 2 aromatic heterocycles. The van der Waals surface area contributed by atoms with Crippen molar-refractivity contribution in [2.75, 3.05) is 0 Å². The second kappa shape index (κ2) is 8.31. The summed E-state index contributed by atoms with van der Waals surface area (Å²) in [7, 11) is 0. The first-order chi connectivity index (χ1) is 15.0. The highest BCUT2D eigenvalue weighted by Gasteiger charge is 2.34. The van der Waals surface area contributed by atoms with Gasteiger partial charge in [-0.1, -0.05) is 18.2 Å². The second-order valence-corrected chi connectivity index (χ2v) is 7.21. The number of hydrogen-bond acceptors (Lipinski definition) is 6. The molecule has 0 saturated heterocycles. The Kier molecular flexibility index (Phi) is 5.40. The van der Waals surface area contributed by atoms with Crippen LogP contribution in [0, 0.1) is 0 Å². The summed E-state index contributed by atoms with van der Waals surface area (Å²) >= 11 is 0. The van der Waals surface area contributed by atoms with E-state index in [1.807, 2.05) is 24.3 Å². The maximum absolute atomic E-state index is 13.1. The van der Waals surface area contributed by atoms with Crippen LogP contribution in [0.25, 0.3) is 10.9 Å². The van der Waals surface area contributed by atoms with Crippen molar-refractivity contribution in [3.8, 4) is 0 Å². The lowest BCUT2D eigenvalue weighted by Crippen LogP contribution is -2.48.